The van der Waals surface area contributed by atoms with Crippen LogP contribution in [-0.2, 0) is 11.4 Å². The van der Waals surface area contributed by atoms with Crippen molar-refractivity contribution >= 4 is 11.6 Å². The molecule has 2 aromatic carbocycles. The van der Waals surface area contributed by atoms with Gasteiger partial charge in [0.1, 0.15) is 18.1 Å². The van der Waals surface area contributed by atoms with E-state index in [1.807, 2.05) is 39.0 Å². The lowest BCUT2D eigenvalue weighted by atomic mass is 10.1. The highest BCUT2D eigenvalue weighted by Gasteiger charge is 2.18. The summed E-state index contributed by atoms with van der Waals surface area (Å²) in [5.74, 6) is 1.67. The molecule has 2 aromatic rings. The predicted molar refractivity (Wildman–Crippen MR) is 106 cm³/mol. The zero-order valence-electron chi connectivity index (χ0n) is 16.7. The van der Waals surface area contributed by atoms with Gasteiger partial charge in [0.15, 0.2) is 0 Å². The minimum atomic E-state index is 0.0576. The molecule has 26 heavy (non-hydrogen) atoms. The highest BCUT2D eigenvalue weighted by molar-refractivity contribution is 5.93. The number of aryl methyl sites for hydroxylation is 3. The summed E-state index contributed by atoms with van der Waals surface area (Å²) in [4.78, 5) is 13.9. The molecular weight excluding hydrogens is 326 g/mol. The number of hydrogen-bond acceptors (Lipinski definition) is 3. The molecule has 0 saturated heterocycles. The van der Waals surface area contributed by atoms with Gasteiger partial charge in [0.05, 0.1) is 17.9 Å². The first-order valence-corrected chi connectivity index (χ1v) is 9.10. The molecule has 0 aliphatic rings. The second-order valence-electron chi connectivity index (χ2n) is 6.48. The predicted octanol–water partition coefficient (Wildman–Crippen LogP) is 4.96. The summed E-state index contributed by atoms with van der Waals surface area (Å²) in [6.07, 6.45) is 0.450. The van der Waals surface area contributed by atoms with Crippen LogP contribution < -0.4 is 14.4 Å². The fourth-order valence-electron chi connectivity index (χ4n) is 2.92. The summed E-state index contributed by atoms with van der Waals surface area (Å²) >= 11 is 0. The van der Waals surface area contributed by atoms with Gasteiger partial charge in [-0.25, -0.2) is 0 Å². The first kappa shape index (κ1) is 19.8. The van der Waals surface area contributed by atoms with Gasteiger partial charge in [0.2, 0.25) is 5.91 Å². The third-order valence-corrected chi connectivity index (χ3v) is 4.61. The van der Waals surface area contributed by atoms with Crippen LogP contribution in [0.5, 0.6) is 11.5 Å². The van der Waals surface area contributed by atoms with Crippen molar-refractivity contribution in [2.75, 3.05) is 18.6 Å². The van der Waals surface area contributed by atoms with E-state index < -0.39 is 0 Å². The zero-order chi connectivity index (χ0) is 19.3. The van der Waals surface area contributed by atoms with E-state index >= 15 is 0 Å². The van der Waals surface area contributed by atoms with E-state index in [4.69, 9.17) is 9.47 Å². The van der Waals surface area contributed by atoms with E-state index in [0.29, 0.717) is 19.6 Å². The molecule has 0 spiro atoms. The maximum Gasteiger partial charge on any atom is 0.226 e. The molecule has 0 unspecified atom stereocenters. The molecule has 4 nitrogen and oxygen atoms in total. The number of carbonyl (C=O) groups is 1. The maximum atomic E-state index is 12.2. The first-order valence-electron chi connectivity index (χ1n) is 9.10. The van der Waals surface area contributed by atoms with Crippen molar-refractivity contribution < 1.29 is 14.3 Å². The minimum absolute atomic E-state index is 0.0576. The van der Waals surface area contributed by atoms with Gasteiger partial charge in [-0.3, -0.25) is 4.79 Å². The molecule has 140 valence electrons. The largest absolute Gasteiger partial charge is 0.493 e. The molecular formula is C22H29NO3. The number of rotatable bonds is 7. The number of hydrogen-bond donors (Lipinski definition) is 0. The molecule has 0 aromatic heterocycles. The summed E-state index contributed by atoms with van der Waals surface area (Å²) in [5.41, 5.74) is 5.25. The highest BCUT2D eigenvalue weighted by Crippen LogP contribution is 2.32. The number of amides is 1. The number of nitrogens with zero attached hydrogens (tertiary/aromatic N) is 1. The van der Waals surface area contributed by atoms with Crippen molar-refractivity contribution in [1.82, 2.24) is 0 Å². The second-order valence-corrected chi connectivity index (χ2v) is 6.48. The molecule has 0 saturated carbocycles. The normalized spacial score (nSPS) is 10.5. The lowest BCUT2D eigenvalue weighted by molar-refractivity contribution is -0.118. The monoisotopic (exact) mass is 355 g/mol. The van der Waals surface area contributed by atoms with Crippen LogP contribution in [0.15, 0.2) is 30.3 Å². The van der Waals surface area contributed by atoms with Crippen LogP contribution >= 0.6 is 0 Å². The van der Waals surface area contributed by atoms with Gasteiger partial charge in [0, 0.05) is 13.5 Å². The quantitative estimate of drug-likeness (QED) is 0.704. The van der Waals surface area contributed by atoms with Gasteiger partial charge in [-0.05, 0) is 62.6 Å². The van der Waals surface area contributed by atoms with Crippen LogP contribution in [0.2, 0.25) is 0 Å². The fraction of sp³-hybridized carbons (Fsp3) is 0.409. The smallest absolute Gasteiger partial charge is 0.226 e. The topological polar surface area (TPSA) is 38.8 Å². The lowest BCUT2D eigenvalue weighted by Gasteiger charge is -2.23. The molecule has 0 atom stereocenters. The fourth-order valence-corrected chi connectivity index (χ4v) is 2.92. The van der Waals surface area contributed by atoms with E-state index in [9.17, 15) is 4.79 Å². The van der Waals surface area contributed by atoms with Crippen molar-refractivity contribution in [3.05, 3.63) is 52.6 Å². The molecule has 2 rings (SSSR count). The number of ether oxygens (including phenoxy) is 2. The Morgan fingerprint density at radius 1 is 0.962 bits per heavy atom. The molecule has 0 radical (unpaired) electrons. The number of anilines is 1. The van der Waals surface area contributed by atoms with Crippen LogP contribution in [0, 0.1) is 20.8 Å². The van der Waals surface area contributed by atoms with Crippen LogP contribution in [0.3, 0.4) is 0 Å². The molecule has 0 aliphatic carbocycles. The van der Waals surface area contributed by atoms with Gasteiger partial charge < -0.3 is 14.4 Å². The van der Waals surface area contributed by atoms with E-state index in [1.165, 1.54) is 11.1 Å². The Morgan fingerprint density at radius 2 is 1.65 bits per heavy atom. The highest BCUT2D eigenvalue weighted by atomic mass is 16.5. The zero-order valence-corrected chi connectivity index (χ0v) is 16.7. The maximum absolute atomic E-state index is 12.2. The van der Waals surface area contributed by atoms with E-state index in [-0.39, 0.29) is 5.91 Å². The van der Waals surface area contributed by atoms with Crippen LogP contribution in [0.4, 0.5) is 5.69 Å². The number of benzene rings is 2. The summed E-state index contributed by atoms with van der Waals surface area (Å²) in [6.45, 7) is 10.9. The molecule has 1 amide bonds. The third-order valence-electron chi connectivity index (χ3n) is 4.61. The summed E-state index contributed by atoms with van der Waals surface area (Å²) < 4.78 is 11.9. The van der Waals surface area contributed by atoms with Crippen LogP contribution in [-0.4, -0.2) is 19.6 Å². The van der Waals surface area contributed by atoms with Crippen molar-refractivity contribution in [3.63, 3.8) is 0 Å². The molecule has 0 heterocycles. The Balaban J connectivity index is 2.37. The Labute approximate surface area is 156 Å². The van der Waals surface area contributed by atoms with Crippen LogP contribution in [0.25, 0.3) is 0 Å². The van der Waals surface area contributed by atoms with Gasteiger partial charge in [0.25, 0.3) is 0 Å². The summed E-state index contributed by atoms with van der Waals surface area (Å²) in [5, 5.41) is 0. The molecule has 0 bridgehead atoms. The van der Waals surface area contributed by atoms with Gasteiger partial charge in [-0.1, -0.05) is 19.1 Å². The summed E-state index contributed by atoms with van der Waals surface area (Å²) in [6, 6.07) is 9.96. The van der Waals surface area contributed by atoms with Crippen LogP contribution in [0.1, 0.15) is 42.5 Å². The Kier molecular flexibility index (Phi) is 6.67. The Bertz CT molecular complexity index is 783. The van der Waals surface area contributed by atoms with Crippen molar-refractivity contribution in [3.8, 4) is 11.5 Å². The average Bonchev–Trinajstić information content (AvgIpc) is 2.63. The summed E-state index contributed by atoms with van der Waals surface area (Å²) in [7, 11) is 1.79. The van der Waals surface area contributed by atoms with E-state index in [1.54, 1.807) is 11.9 Å². The number of carbonyl (C=O) groups excluding carboxylic acids is 1. The Morgan fingerprint density at radius 3 is 2.31 bits per heavy atom. The first-order chi connectivity index (χ1) is 12.4. The standard InChI is InChI=1S/C22H29NO3/c1-7-22(24)23(6)19-10-9-11-20(25-8-2)18(19)14-26-21-13-16(4)15(3)12-17(21)5/h9-13H,7-8,14H2,1-6H3. The molecule has 0 N–H and O–H groups in total. The SMILES string of the molecule is CCOc1cccc(N(C)C(=O)CC)c1COc1cc(C)c(C)cc1C. The molecule has 0 aliphatic heterocycles. The lowest BCUT2D eigenvalue weighted by Crippen LogP contribution is -2.26. The Hall–Kier alpha value is -2.49. The second kappa shape index (κ2) is 8.75. The third kappa shape index (κ3) is 4.37. The van der Waals surface area contributed by atoms with Crippen molar-refractivity contribution in [2.45, 2.75) is 47.6 Å². The van der Waals surface area contributed by atoms with Gasteiger partial charge in [-0.15, -0.1) is 0 Å². The molecule has 0 fully saturated rings. The molecule has 4 heteroatoms. The average molecular weight is 355 g/mol. The van der Waals surface area contributed by atoms with Crippen molar-refractivity contribution in [1.29, 1.82) is 0 Å². The van der Waals surface area contributed by atoms with Gasteiger partial charge >= 0.3 is 0 Å². The van der Waals surface area contributed by atoms with Gasteiger partial charge in [-0.2, -0.15) is 0 Å². The van der Waals surface area contributed by atoms with E-state index in [0.717, 1.165) is 28.3 Å². The van der Waals surface area contributed by atoms with E-state index in [2.05, 4.69) is 26.0 Å². The van der Waals surface area contributed by atoms with Crippen molar-refractivity contribution in [2.24, 2.45) is 0 Å². The minimum Gasteiger partial charge on any atom is -0.493 e.